The third-order valence-electron chi connectivity index (χ3n) is 4.59. The van der Waals surface area contributed by atoms with Crippen LogP contribution in [-0.2, 0) is 10.3 Å². The Labute approximate surface area is 129 Å². The van der Waals surface area contributed by atoms with Gasteiger partial charge in [0.1, 0.15) is 0 Å². The maximum absolute atomic E-state index is 5.75. The third-order valence-corrected chi connectivity index (χ3v) is 4.59. The second-order valence-corrected chi connectivity index (χ2v) is 6.34. The summed E-state index contributed by atoms with van der Waals surface area (Å²) in [4.78, 5) is 2.60. The summed E-state index contributed by atoms with van der Waals surface area (Å²) in [7, 11) is 0. The maximum atomic E-state index is 5.75. The lowest BCUT2D eigenvalue weighted by Crippen LogP contribution is -2.62. The molecule has 1 aliphatic rings. The summed E-state index contributed by atoms with van der Waals surface area (Å²) in [5.41, 5.74) is 1.40. The molecular weight excluding hydrogens is 260 g/mol. The van der Waals surface area contributed by atoms with E-state index in [0.29, 0.717) is 12.1 Å². The highest BCUT2D eigenvalue weighted by atomic mass is 16.5. The van der Waals surface area contributed by atoms with Crippen molar-refractivity contribution in [1.29, 1.82) is 0 Å². The van der Waals surface area contributed by atoms with E-state index in [1.54, 1.807) is 0 Å². The van der Waals surface area contributed by atoms with E-state index in [1.807, 2.05) is 0 Å². The molecule has 3 heteroatoms. The summed E-state index contributed by atoms with van der Waals surface area (Å²) in [6.45, 7) is 12.7. The van der Waals surface area contributed by atoms with Crippen molar-refractivity contribution in [2.24, 2.45) is 0 Å². The highest BCUT2D eigenvalue weighted by Crippen LogP contribution is 2.27. The van der Waals surface area contributed by atoms with Crippen LogP contribution in [0.5, 0.6) is 0 Å². The first-order chi connectivity index (χ1) is 10.1. The minimum atomic E-state index is 0.0267. The monoisotopic (exact) mass is 290 g/mol. The lowest BCUT2D eigenvalue weighted by atomic mass is 9.87. The fourth-order valence-electron chi connectivity index (χ4n) is 3.35. The number of ether oxygens (including phenoxy) is 1. The zero-order valence-electron chi connectivity index (χ0n) is 13.9. The molecule has 0 spiro atoms. The van der Waals surface area contributed by atoms with E-state index in [4.69, 9.17) is 4.74 Å². The van der Waals surface area contributed by atoms with E-state index in [1.165, 1.54) is 12.0 Å². The predicted octanol–water partition coefficient (Wildman–Crippen LogP) is 3.01. The second-order valence-electron chi connectivity index (χ2n) is 6.34. The van der Waals surface area contributed by atoms with Crippen molar-refractivity contribution in [2.75, 3.05) is 26.2 Å². The molecule has 3 nitrogen and oxygen atoms in total. The number of nitrogens with zero attached hydrogens (tertiary/aromatic N) is 1. The van der Waals surface area contributed by atoms with Gasteiger partial charge in [-0.25, -0.2) is 0 Å². The quantitative estimate of drug-likeness (QED) is 0.871. The van der Waals surface area contributed by atoms with Crippen LogP contribution in [0.4, 0.5) is 0 Å². The maximum Gasteiger partial charge on any atom is 0.0673 e. The Morgan fingerprint density at radius 2 is 2.05 bits per heavy atom. The van der Waals surface area contributed by atoms with Crippen molar-refractivity contribution in [3.8, 4) is 0 Å². The fraction of sp³-hybridized carbons (Fsp3) is 0.667. The van der Waals surface area contributed by atoms with Gasteiger partial charge in [0, 0.05) is 32.3 Å². The molecule has 0 bridgehead atoms. The van der Waals surface area contributed by atoms with Crippen molar-refractivity contribution < 1.29 is 4.74 Å². The summed E-state index contributed by atoms with van der Waals surface area (Å²) in [5.74, 6) is 0. The lowest BCUT2D eigenvalue weighted by molar-refractivity contribution is 0.00602. The zero-order chi connectivity index (χ0) is 15.3. The predicted molar refractivity (Wildman–Crippen MR) is 88.5 cm³/mol. The third kappa shape index (κ3) is 4.06. The standard InChI is InChI=1S/C18H30N2O/c1-5-17-12-19-18(4,16-10-8-7-9-11-16)14-20(17)13-15(3)21-6-2/h7-11,15,17,19H,5-6,12-14H2,1-4H3. The van der Waals surface area contributed by atoms with Gasteiger partial charge in [-0.3, -0.25) is 4.90 Å². The molecular formula is C18H30N2O. The van der Waals surface area contributed by atoms with E-state index < -0.39 is 0 Å². The van der Waals surface area contributed by atoms with Crippen molar-refractivity contribution >= 4 is 0 Å². The van der Waals surface area contributed by atoms with E-state index in [-0.39, 0.29) is 5.54 Å². The SMILES string of the molecule is CCOC(C)CN1CC(C)(c2ccccc2)NCC1CC. The number of rotatable bonds is 6. The van der Waals surface area contributed by atoms with Crippen molar-refractivity contribution in [3.63, 3.8) is 0 Å². The Morgan fingerprint density at radius 1 is 1.33 bits per heavy atom. The largest absolute Gasteiger partial charge is 0.377 e. The van der Waals surface area contributed by atoms with Gasteiger partial charge in [0.2, 0.25) is 0 Å². The van der Waals surface area contributed by atoms with E-state index >= 15 is 0 Å². The van der Waals surface area contributed by atoms with Gasteiger partial charge >= 0.3 is 0 Å². The molecule has 0 radical (unpaired) electrons. The molecule has 0 amide bonds. The Bertz CT molecular complexity index is 422. The first kappa shape index (κ1) is 16.5. The Hall–Kier alpha value is -0.900. The molecule has 1 fully saturated rings. The molecule has 0 aliphatic carbocycles. The molecule has 3 atom stereocenters. The number of benzene rings is 1. The Balaban J connectivity index is 2.10. The molecule has 1 aliphatic heterocycles. The summed E-state index contributed by atoms with van der Waals surface area (Å²) in [5, 5.41) is 3.77. The van der Waals surface area contributed by atoms with Gasteiger partial charge in [-0.1, -0.05) is 37.3 Å². The summed E-state index contributed by atoms with van der Waals surface area (Å²) in [6.07, 6.45) is 1.47. The van der Waals surface area contributed by atoms with Crippen molar-refractivity contribution in [2.45, 2.75) is 51.8 Å². The average molecular weight is 290 g/mol. The first-order valence-corrected chi connectivity index (χ1v) is 8.25. The Kier molecular flexibility index (Phi) is 5.80. The molecule has 118 valence electrons. The van der Waals surface area contributed by atoms with Crippen LogP contribution in [0.3, 0.4) is 0 Å². The summed E-state index contributed by atoms with van der Waals surface area (Å²) >= 11 is 0. The molecule has 1 aromatic carbocycles. The smallest absolute Gasteiger partial charge is 0.0673 e. The molecule has 1 aromatic rings. The van der Waals surface area contributed by atoms with Gasteiger partial charge in [-0.2, -0.15) is 0 Å². The normalized spacial score (nSPS) is 28.5. The fourth-order valence-corrected chi connectivity index (χ4v) is 3.35. The average Bonchev–Trinajstić information content (AvgIpc) is 2.49. The van der Waals surface area contributed by atoms with Gasteiger partial charge in [0.15, 0.2) is 0 Å². The summed E-state index contributed by atoms with van der Waals surface area (Å²) in [6, 6.07) is 11.4. The minimum Gasteiger partial charge on any atom is -0.377 e. The van der Waals surface area contributed by atoms with Crippen LogP contribution >= 0.6 is 0 Å². The van der Waals surface area contributed by atoms with Gasteiger partial charge in [-0.05, 0) is 32.8 Å². The second kappa shape index (κ2) is 7.39. The molecule has 0 saturated carbocycles. The van der Waals surface area contributed by atoms with Gasteiger partial charge in [0.05, 0.1) is 11.6 Å². The van der Waals surface area contributed by atoms with E-state index in [9.17, 15) is 0 Å². The molecule has 1 N–H and O–H groups in total. The number of piperazine rings is 1. The number of hydrogen-bond donors (Lipinski definition) is 1. The number of nitrogens with one attached hydrogen (secondary N) is 1. The van der Waals surface area contributed by atoms with Gasteiger partial charge in [-0.15, -0.1) is 0 Å². The van der Waals surface area contributed by atoms with E-state index in [0.717, 1.165) is 26.2 Å². The van der Waals surface area contributed by atoms with Crippen LogP contribution in [0.1, 0.15) is 39.7 Å². The zero-order valence-corrected chi connectivity index (χ0v) is 13.9. The molecule has 3 unspecified atom stereocenters. The topological polar surface area (TPSA) is 24.5 Å². The van der Waals surface area contributed by atoms with Gasteiger partial charge in [0.25, 0.3) is 0 Å². The van der Waals surface area contributed by atoms with Crippen LogP contribution in [0, 0.1) is 0 Å². The molecule has 21 heavy (non-hydrogen) atoms. The van der Waals surface area contributed by atoms with Crippen LogP contribution in [-0.4, -0.2) is 43.3 Å². The highest BCUT2D eigenvalue weighted by molar-refractivity contribution is 5.25. The lowest BCUT2D eigenvalue weighted by Gasteiger charge is -2.47. The Morgan fingerprint density at radius 3 is 2.67 bits per heavy atom. The number of hydrogen-bond acceptors (Lipinski definition) is 3. The van der Waals surface area contributed by atoms with Crippen LogP contribution in [0.15, 0.2) is 30.3 Å². The van der Waals surface area contributed by atoms with Crippen LogP contribution < -0.4 is 5.32 Å². The first-order valence-electron chi connectivity index (χ1n) is 8.25. The van der Waals surface area contributed by atoms with Crippen molar-refractivity contribution in [1.82, 2.24) is 10.2 Å². The van der Waals surface area contributed by atoms with Crippen LogP contribution in [0.2, 0.25) is 0 Å². The molecule has 0 aromatic heterocycles. The highest BCUT2D eigenvalue weighted by Gasteiger charge is 2.36. The molecule has 1 saturated heterocycles. The minimum absolute atomic E-state index is 0.0267. The molecule has 2 rings (SSSR count). The van der Waals surface area contributed by atoms with Crippen molar-refractivity contribution in [3.05, 3.63) is 35.9 Å². The molecule has 1 heterocycles. The van der Waals surface area contributed by atoms with E-state index in [2.05, 4.69) is 68.2 Å². The summed E-state index contributed by atoms with van der Waals surface area (Å²) < 4.78 is 5.75. The van der Waals surface area contributed by atoms with Gasteiger partial charge < -0.3 is 10.1 Å². The van der Waals surface area contributed by atoms with Crippen LogP contribution in [0.25, 0.3) is 0 Å².